The van der Waals surface area contributed by atoms with Gasteiger partial charge in [-0.25, -0.2) is 13.1 Å². The zero-order valence-electron chi connectivity index (χ0n) is 17.1. The van der Waals surface area contributed by atoms with Gasteiger partial charge >= 0.3 is 0 Å². The van der Waals surface area contributed by atoms with E-state index in [2.05, 4.69) is 10.0 Å². The van der Waals surface area contributed by atoms with Gasteiger partial charge in [-0.15, -0.1) is 0 Å². The SMILES string of the molecule is COc1ccccc1C(C)NC(=O)c1ccc(Cl)c(S(=O)(=O)NCc2ccccc2)c1. The second kappa shape index (κ2) is 9.96. The molecule has 3 aromatic rings. The number of hydrogen-bond acceptors (Lipinski definition) is 4. The van der Waals surface area contributed by atoms with Crippen molar-refractivity contribution in [2.24, 2.45) is 0 Å². The third-order valence-electron chi connectivity index (χ3n) is 4.75. The van der Waals surface area contributed by atoms with E-state index in [4.69, 9.17) is 16.3 Å². The summed E-state index contributed by atoms with van der Waals surface area (Å²) in [4.78, 5) is 12.6. The van der Waals surface area contributed by atoms with Gasteiger partial charge in [-0.1, -0.05) is 60.1 Å². The molecule has 6 nitrogen and oxygen atoms in total. The first-order valence-corrected chi connectivity index (χ1v) is 11.4. The molecule has 8 heteroatoms. The van der Waals surface area contributed by atoms with E-state index in [0.29, 0.717) is 5.75 Å². The molecule has 1 unspecified atom stereocenters. The lowest BCUT2D eigenvalue weighted by Crippen LogP contribution is -2.28. The quantitative estimate of drug-likeness (QED) is 0.526. The third kappa shape index (κ3) is 5.64. The molecule has 0 aliphatic carbocycles. The van der Waals surface area contributed by atoms with Crippen molar-refractivity contribution in [3.8, 4) is 5.75 Å². The van der Waals surface area contributed by atoms with Crippen LogP contribution in [0.2, 0.25) is 5.02 Å². The van der Waals surface area contributed by atoms with Gasteiger partial charge in [0.25, 0.3) is 5.91 Å². The van der Waals surface area contributed by atoms with Crippen LogP contribution in [0.15, 0.2) is 77.7 Å². The van der Waals surface area contributed by atoms with Gasteiger partial charge in [0.1, 0.15) is 10.6 Å². The van der Waals surface area contributed by atoms with E-state index in [0.717, 1.165) is 11.1 Å². The molecule has 3 rings (SSSR count). The second-order valence-corrected chi connectivity index (χ2v) is 9.04. The molecule has 0 aliphatic heterocycles. The van der Waals surface area contributed by atoms with E-state index in [-0.39, 0.29) is 28.1 Å². The molecule has 0 saturated carbocycles. The molecule has 0 heterocycles. The molecule has 0 fully saturated rings. The second-order valence-electron chi connectivity index (χ2n) is 6.89. The zero-order chi connectivity index (χ0) is 22.4. The van der Waals surface area contributed by atoms with Gasteiger partial charge < -0.3 is 10.1 Å². The highest BCUT2D eigenvalue weighted by Gasteiger charge is 2.21. The van der Waals surface area contributed by atoms with Gasteiger partial charge in [-0.3, -0.25) is 4.79 Å². The molecule has 0 saturated heterocycles. The summed E-state index contributed by atoms with van der Waals surface area (Å²) in [6.07, 6.45) is 0. The first-order chi connectivity index (χ1) is 14.8. The number of sulfonamides is 1. The Balaban J connectivity index is 1.78. The van der Waals surface area contributed by atoms with Gasteiger partial charge in [-0.2, -0.15) is 0 Å². The fraction of sp³-hybridized carbons (Fsp3) is 0.174. The highest BCUT2D eigenvalue weighted by atomic mass is 35.5. The van der Waals surface area contributed by atoms with Crippen molar-refractivity contribution in [1.29, 1.82) is 0 Å². The smallest absolute Gasteiger partial charge is 0.251 e. The molecule has 0 aliphatic rings. The molecule has 3 aromatic carbocycles. The number of nitrogens with one attached hydrogen (secondary N) is 2. The van der Waals surface area contributed by atoms with Gasteiger partial charge in [0.05, 0.1) is 18.2 Å². The fourth-order valence-corrected chi connectivity index (χ4v) is 4.63. The number of ether oxygens (including phenoxy) is 1. The minimum atomic E-state index is -3.92. The number of hydrogen-bond donors (Lipinski definition) is 2. The maximum Gasteiger partial charge on any atom is 0.251 e. The minimum absolute atomic E-state index is 0.0369. The van der Waals surface area contributed by atoms with Crippen LogP contribution >= 0.6 is 11.6 Å². The summed E-state index contributed by atoms with van der Waals surface area (Å²) in [5, 5.41) is 2.90. The van der Waals surface area contributed by atoms with Crippen molar-refractivity contribution in [2.45, 2.75) is 24.4 Å². The Labute approximate surface area is 187 Å². The molecule has 162 valence electrons. The number of benzene rings is 3. The van der Waals surface area contributed by atoms with Crippen LogP contribution in [0.1, 0.15) is 34.5 Å². The number of carbonyl (C=O) groups is 1. The average molecular weight is 459 g/mol. The van der Waals surface area contributed by atoms with Gasteiger partial charge in [0.15, 0.2) is 0 Å². The Bertz CT molecular complexity index is 1170. The minimum Gasteiger partial charge on any atom is -0.496 e. The Kier molecular flexibility index (Phi) is 7.33. The summed E-state index contributed by atoms with van der Waals surface area (Å²) >= 11 is 6.14. The number of methoxy groups -OCH3 is 1. The van der Waals surface area contributed by atoms with Gasteiger partial charge in [0, 0.05) is 17.7 Å². The lowest BCUT2D eigenvalue weighted by Gasteiger charge is -2.17. The summed E-state index contributed by atoms with van der Waals surface area (Å²) in [6, 6.07) is 20.3. The van der Waals surface area contributed by atoms with Crippen molar-refractivity contribution >= 4 is 27.5 Å². The Morgan fingerprint density at radius 3 is 2.42 bits per heavy atom. The van der Waals surface area contributed by atoms with E-state index in [9.17, 15) is 13.2 Å². The van der Waals surface area contributed by atoms with Crippen LogP contribution < -0.4 is 14.8 Å². The van der Waals surface area contributed by atoms with Crippen LogP contribution in [0.4, 0.5) is 0 Å². The van der Waals surface area contributed by atoms with Gasteiger partial charge in [-0.05, 0) is 36.8 Å². The monoisotopic (exact) mass is 458 g/mol. The van der Waals surface area contributed by atoms with Crippen LogP contribution in [0.25, 0.3) is 0 Å². The Hall–Kier alpha value is -2.87. The molecular weight excluding hydrogens is 436 g/mol. The molecule has 2 N–H and O–H groups in total. The van der Waals surface area contributed by atoms with E-state index in [1.165, 1.54) is 18.2 Å². The molecule has 0 bridgehead atoms. The number of carbonyl (C=O) groups excluding carboxylic acids is 1. The lowest BCUT2D eigenvalue weighted by atomic mass is 10.1. The van der Waals surface area contributed by atoms with Crippen molar-refractivity contribution < 1.29 is 17.9 Å². The standard InChI is InChI=1S/C23H23ClN2O4S/c1-16(19-10-6-7-11-21(19)30-2)26-23(27)18-12-13-20(24)22(14-18)31(28,29)25-15-17-8-4-3-5-9-17/h3-14,16,25H,15H2,1-2H3,(H,26,27). The maximum absolute atomic E-state index is 12.8. The Morgan fingerprint density at radius 1 is 1.03 bits per heavy atom. The summed E-state index contributed by atoms with van der Waals surface area (Å²) in [5.41, 5.74) is 1.80. The van der Waals surface area contributed by atoms with Crippen LogP contribution in [0.5, 0.6) is 5.75 Å². The first-order valence-electron chi connectivity index (χ1n) is 9.58. The van der Waals surface area contributed by atoms with E-state index in [1.807, 2.05) is 61.5 Å². The van der Waals surface area contributed by atoms with E-state index in [1.54, 1.807) is 7.11 Å². The van der Waals surface area contributed by atoms with Crippen LogP contribution in [-0.2, 0) is 16.6 Å². The fourth-order valence-electron chi connectivity index (χ4n) is 3.08. The molecule has 0 radical (unpaired) electrons. The summed E-state index contributed by atoms with van der Waals surface area (Å²) in [5.74, 6) is 0.231. The Morgan fingerprint density at radius 2 is 1.71 bits per heavy atom. The number of para-hydroxylation sites is 1. The molecule has 1 amide bonds. The van der Waals surface area contributed by atoms with Gasteiger partial charge in [0.2, 0.25) is 10.0 Å². The largest absolute Gasteiger partial charge is 0.496 e. The van der Waals surface area contributed by atoms with E-state index < -0.39 is 15.9 Å². The van der Waals surface area contributed by atoms with Crippen molar-refractivity contribution in [3.63, 3.8) is 0 Å². The number of halogens is 1. The average Bonchev–Trinajstić information content (AvgIpc) is 2.78. The first kappa shape index (κ1) is 22.8. The summed E-state index contributed by atoms with van der Waals surface area (Å²) in [6.45, 7) is 1.94. The molecule has 31 heavy (non-hydrogen) atoms. The lowest BCUT2D eigenvalue weighted by molar-refractivity contribution is 0.0939. The summed E-state index contributed by atoms with van der Waals surface area (Å²) in [7, 11) is -2.36. The predicted octanol–water partition coefficient (Wildman–Crippen LogP) is 4.32. The molecular formula is C23H23ClN2O4S. The van der Waals surface area contributed by atoms with Crippen molar-refractivity contribution in [2.75, 3.05) is 7.11 Å². The third-order valence-corrected chi connectivity index (χ3v) is 6.63. The molecule has 0 spiro atoms. The van der Waals surface area contributed by atoms with E-state index >= 15 is 0 Å². The highest BCUT2D eigenvalue weighted by Crippen LogP contribution is 2.26. The summed E-state index contributed by atoms with van der Waals surface area (Å²) < 4.78 is 33.4. The maximum atomic E-state index is 12.8. The van der Waals surface area contributed by atoms with Crippen LogP contribution in [0, 0.1) is 0 Å². The van der Waals surface area contributed by atoms with Crippen LogP contribution in [-0.4, -0.2) is 21.4 Å². The topological polar surface area (TPSA) is 84.5 Å². The zero-order valence-corrected chi connectivity index (χ0v) is 18.7. The highest BCUT2D eigenvalue weighted by molar-refractivity contribution is 7.89. The van der Waals surface area contributed by atoms with Crippen LogP contribution in [0.3, 0.4) is 0 Å². The molecule has 1 atom stereocenters. The number of rotatable bonds is 8. The molecule has 0 aromatic heterocycles. The van der Waals surface area contributed by atoms with Crippen molar-refractivity contribution in [1.82, 2.24) is 10.0 Å². The predicted molar refractivity (Wildman–Crippen MR) is 121 cm³/mol. The normalized spacial score (nSPS) is 12.2. The number of amides is 1. The van der Waals surface area contributed by atoms with Crippen molar-refractivity contribution in [3.05, 3.63) is 94.5 Å².